The van der Waals surface area contributed by atoms with E-state index >= 15 is 0 Å². The van der Waals surface area contributed by atoms with Crippen LogP contribution in [0.25, 0.3) is 0 Å². The summed E-state index contributed by atoms with van der Waals surface area (Å²) in [6.07, 6.45) is 0.518. The highest BCUT2D eigenvalue weighted by atomic mass is 32.2. The number of nitrogens with two attached hydrogens (primary N) is 1. The van der Waals surface area contributed by atoms with E-state index in [1.54, 1.807) is 35.9 Å². The van der Waals surface area contributed by atoms with Gasteiger partial charge < -0.3 is 10.5 Å². The van der Waals surface area contributed by atoms with Gasteiger partial charge in [0.05, 0.1) is 25.4 Å². The second kappa shape index (κ2) is 9.97. The standard InChI is InChI=1S/C25H26N4O3S/c1-32-22-14-8-13-21(15-22)18-33(30,31)25-28-27-24(23(26)16-19-9-4-2-5-10-19)29(25)17-20-11-6-3-7-12-20/h2-15,23H,16-18,26H2,1H3/t23-/m0/s1. The predicted molar refractivity (Wildman–Crippen MR) is 127 cm³/mol. The molecule has 1 aromatic heterocycles. The van der Waals surface area contributed by atoms with Crippen LogP contribution in [0.1, 0.15) is 28.6 Å². The van der Waals surface area contributed by atoms with Crippen molar-refractivity contribution in [2.45, 2.75) is 29.9 Å². The molecule has 0 fully saturated rings. The van der Waals surface area contributed by atoms with Gasteiger partial charge >= 0.3 is 0 Å². The van der Waals surface area contributed by atoms with Crippen LogP contribution in [-0.2, 0) is 28.6 Å². The lowest BCUT2D eigenvalue weighted by Gasteiger charge is -2.15. The molecule has 170 valence electrons. The number of rotatable bonds is 9. The average molecular weight is 463 g/mol. The minimum atomic E-state index is -3.80. The van der Waals surface area contributed by atoms with Gasteiger partial charge in [-0.1, -0.05) is 72.8 Å². The Kier molecular flexibility index (Phi) is 6.86. The maximum atomic E-state index is 13.4. The maximum Gasteiger partial charge on any atom is 0.250 e. The van der Waals surface area contributed by atoms with Crippen LogP contribution < -0.4 is 10.5 Å². The molecule has 1 atom stereocenters. The molecule has 8 heteroatoms. The second-order valence-electron chi connectivity index (χ2n) is 7.82. The maximum absolute atomic E-state index is 13.4. The zero-order valence-corrected chi connectivity index (χ0v) is 19.2. The smallest absolute Gasteiger partial charge is 0.250 e. The SMILES string of the molecule is COc1cccc(CS(=O)(=O)c2nnc([C@@H](N)Cc3ccccc3)n2Cc2ccccc2)c1. The van der Waals surface area contributed by atoms with E-state index in [0.29, 0.717) is 30.1 Å². The zero-order valence-electron chi connectivity index (χ0n) is 18.3. The van der Waals surface area contributed by atoms with Crippen molar-refractivity contribution in [2.24, 2.45) is 5.73 Å². The topological polar surface area (TPSA) is 100 Å². The van der Waals surface area contributed by atoms with E-state index in [4.69, 9.17) is 10.5 Å². The highest BCUT2D eigenvalue weighted by Gasteiger charge is 2.28. The molecule has 0 aliphatic rings. The van der Waals surface area contributed by atoms with Crippen LogP contribution in [-0.4, -0.2) is 30.3 Å². The molecule has 2 N–H and O–H groups in total. The monoisotopic (exact) mass is 462 g/mol. The van der Waals surface area contributed by atoms with Gasteiger partial charge in [0.15, 0.2) is 5.82 Å². The van der Waals surface area contributed by atoms with Gasteiger partial charge in [0.25, 0.3) is 0 Å². The third kappa shape index (κ3) is 5.47. The first-order valence-corrected chi connectivity index (χ1v) is 12.2. The Labute approximate surface area is 193 Å². The molecule has 0 bridgehead atoms. The van der Waals surface area contributed by atoms with Crippen molar-refractivity contribution in [3.8, 4) is 5.75 Å². The number of ether oxygens (including phenoxy) is 1. The first kappa shape index (κ1) is 22.7. The Bertz CT molecular complexity index is 1310. The molecule has 0 unspecified atom stereocenters. The van der Waals surface area contributed by atoms with Crippen LogP contribution in [0.3, 0.4) is 0 Å². The Morgan fingerprint density at radius 2 is 1.52 bits per heavy atom. The number of benzene rings is 3. The van der Waals surface area contributed by atoms with Gasteiger partial charge in [-0.25, -0.2) is 8.42 Å². The van der Waals surface area contributed by atoms with Gasteiger partial charge in [-0.2, -0.15) is 0 Å². The number of aromatic nitrogens is 3. The summed E-state index contributed by atoms with van der Waals surface area (Å²) < 4.78 is 33.7. The molecule has 0 radical (unpaired) electrons. The minimum Gasteiger partial charge on any atom is -0.497 e. The van der Waals surface area contributed by atoms with E-state index < -0.39 is 15.9 Å². The quantitative estimate of drug-likeness (QED) is 0.408. The lowest BCUT2D eigenvalue weighted by Crippen LogP contribution is -2.22. The zero-order chi connectivity index (χ0) is 23.3. The predicted octanol–water partition coefficient (Wildman–Crippen LogP) is 3.55. The molecule has 33 heavy (non-hydrogen) atoms. The molecule has 0 spiro atoms. The van der Waals surface area contributed by atoms with Gasteiger partial charge in [0.1, 0.15) is 5.75 Å². The number of hydrogen-bond acceptors (Lipinski definition) is 6. The Balaban J connectivity index is 1.70. The van der Waals surface area contributed by atoms with Gasteiger partial charge in [0, 0.05) is 0 Å². The Morgan fingerprint density at radius 3 is 2.18 bits per heavy atom. The van der Waals surface area contributed by atoms with E-state index in [-0.39, 0.29) is 10.9 Å². The molecular formula is C25H26N4O3S. The van der Waals surface area contributed by atoms with E-state index in [1.165, 1.54) is 0 Å². The largest absolute Gasteiger partial charge is 0.497 e. The number of hydrogen-bond donors (Lipinski definition) is 1. The van der Waals surface area contributed by atoms with Crippen molar-refractivity contribution >= 4 is 9.84 Å². The Morgan fingerprint density at radius 1 is 0.879 bits per heavy atom. The number of nitrogens with zero attached hydrogens (tertiary/aromatic N) is 3. The van der Waals surface area contributed by atoms with Crippen LogP contribution in [0.2, 0.25) is 0 Å². The summed E-state index contributed by atoms with van der Waals surface area (Å²) in [5, 5.41) is 8.24. The van der Waals surface area contributed by atoms with E-state index in [0.717, 1.165) is 11.1 Å². The van der Waals surface area contributed by atoms with Crippen LogP contribution in [0, 0.1) is 0 Å². The van der Waals surface area contributed by atoms with E-state index in [1.807, 2.05) is 60.7 Å². The molecule has 1 heterocycles. The molecule has 4 rings (SSSR count). The van der Waals surface area contributed by atoms with Crippen molar-refractivity contribution in [3.05, 3.63) is 107 Å². The normalized spacial score (nSPS) is 12.4. The fourth-order valence-electron chi connectivity index (χ4n) is 3.72. The third-order valence-corrected chi connectivity index (χ3v) is 6.90. The van der Waals surface area contributed by atoms with Crippen molar-refractivity contribution < 1.29 is 13.2 Å². The van der Waals surface area contributed by atoms with Crippen LogP contribution in [0.4, 0.5) is 0 Å². The molecule has 4 aromatic rings. The molecule has 3 aromatic carbocycles. The van der Waals surface area contributed by atoms with E-state index in [2.05, 4.69) is 10.2 Å². The molecule has 0 saturated heterocycles. The number of sulfone groups is 1. The lowest BCUT2D eigenvalue weighted by atomic mass is 10.1. The molecule has 0 amide bonds. The lowest BCUT2D eigenvalue weighted by molar-refractivity contribution is 0.414. The number of methoxy groups -OCH3 is 1. The van der Waals surface area contributed by atoms with Crippen LogP contribution >= 0.6 is 0 Å². The molecular weight excluding hydrogens is 436 g/mol. The van der Waals surface area contributed by atoms with Gasteiger partial charge in [0.2, 0.25) is 15.0 Å². The second-order valence-corrected chi connectivity index (χ2v) is 9.70. The summed E-state index contributed by atoms with van der Waals surface area (Å²) in [5.41, 5.74) is 9.08. The summed E-state index contributed by atoms with van der Waals surface area (Å²) in [7, 11) is -2.25. The summed E-state index contributed by atoms with van der Waals surface area (Å²) in [5.74, 6) is 0.816. The van der Waals surface area contributed by atoms with Crippen LogP contribution in [0.15, 0.2) is 90.1 Å². The van der Waals surface area contributed by atoms with Crippen LogP contribution in [0.5, 0.6) is 5.75 Å². The molecule has 0 saturated carbocycles. The first-order chi connectivity index (χ1) is 16.0. The average Bonchev–Trinajstić information content (AvgIpc) is 3.25. The highest BCUT2D eigenvalue weighted by Crippen LogP contribution is 2.23. The van der Waals surface area contributed by atoms with E-state index in [9.17, 15) is 8.42 Å². The van der Waals surface area contributed by atoms with Crippen molar-refractivity contribution in [1.29, 1.82) is 0 Å². The van der Waals surface area contributed by atoms with Gasteiger partial charge in [-0.05, 0) is 35.2 Å². The molecule has 0 aliphatic carbocycles. The molecule has 7 nitrogen and oxygen atoms in total. The van der Waals surface area contributed by atoms with Crippen molar-refractivity contribution in [1.82, 2.24) is 14.8 Å². The summed E-state index contributed by atoms with van der Waals surface area (Å²) in [6, 6.07) is 25.9. The van der Waals surface area contributed by atoms with Crippen molar-refractivity contribution in [2.75, 3.05) is 7.11 Å². The Hall–Kier alpha value is -3.49. The van der Waals surface area contributed by atoms with Gasteiger partial charge in [-0.3, -0.25) is 4.57 Å². The minimum absolute atomic E-state index is 0.0901. The van der Waals surface area contributed by atoms with Gasteiger partial charge in [-0.15, -0.1) is 10.2 Å². The first-order valence-electron chi connectivity index (χ1n) is 10.6. The highest BCUT2D eigenvalue weighted by molar-refractivity contribution is 7.90. The summed E-state index contributed by atoms with van der Waals surface area (Å²) in [6.45, 7) is 0.304. The fraction of sp³-hybridized carbons (Fsp3) is 0.200. The molecule has 0 aliphatic heterocycles. The third-order valence-electron chi connectivity index (χ3n) is 5.33. The summed E-state index contributed by atoms with van der Waals surface area (Å²) in [4.78, 5) is 0. The van der Waals surface area contributed by atoms with Crippen molar-refractivity contribution in [3.63, 3.8) is 0 Å². The summed E-state index contributed by atoms with van der Waals surface area (Å²) >= 11 is 0. The fourth-order valence-corrected chi connectivity index (χ4v) is 5.13.